The lowest BCUT2D eigenvalue weighted by molar-refractivity contribution is 0.0931. The number of likely N-dealkylation sites (tertiary alicyclic amines) is 1. The zero-order valence-corrected chi connectivity index (χ0v) is 19.9. The van der Waals surface area contributed by atoms with Crippen molar-refractivity contribution in [2.45, 2.75) is 57.5 Å². The lowest BCUT2D eigenvalue weighted by Crippen LogP contribution is -2.37. The largest absolute Gasteiger partial charge is 0.489 e. The number of aromatic nitrogens is 2. The Balaban J connectivity index is 0.00000171. The number of hydrogen-bond acceptors (Lipinski definition) is 5. The van der Waals surface area contributed by atoms with Crippen LogP contribution in [0, 0.1) is 12.8 Å². The third-order valence-corrected chi connectivity index (χ3v) is 6.44. The molecular formula is C22H34Cl2N4O3. The lowest BCUT2D eigenvalue weighted by atomic mass is 9.90. The van der Waals surface area contributed by atoms with E-state index in [-0.39, 0.29) is 49.4 Å². The second kappa shape index (κ2) is 11.4. The number of hydrogen-bond donors (Lipinski definition) is 2. The van der Waals surface area contributed by atoms with E-state index in [0.29, 0.717) is 29.6 Å². The highest BCUT2D eigenvalue weighted by Crippen LogP contribution is 2.27. The number of amides is 1. The van der Waals surface area contributed by atoms with E-state index in [1.807, 2.05) is 36.7 Å². The number of rotatable bonds is 6. The van der Waals surface area contributed by atoms with Gasteiger partial charge < -0.3 is 15.2 Å². The Bertz CT molecular complexity index is 870. The summed E-state index contributed by atoms with van der Waals surface area (Å²) in [4.78, 5) is 19.8. The van der Waals surface area contributed by atoms with Crippen molar-refractivity contribution in [2.24, 2.45) is 5.92 Å². The zero-order valence-electron chi connectivity index (χ0n) is 18.2. The van der Waals surface area contributed by atoms with E-state index in [4.69, 9.17) is 4.74 Å². The number of likely N-dealkylation sites (N-methyl/N-ethyl adjacent to an activating group) is 1. The van der Waals surface area contributed by atoms with Crippen LogP contribution in [0.5, 0.6) is 5.75 Å². The Morgan fingerprint density at radius 1 is 1.29 bits per heavy atom. The van der Waals surface area contributed by atoms with E-state index in [1.54, 1.807) is 0 Å². The summed E-state index contributed by atoms with van der Waals surface area (Å²) in [5, 5.41) is 12.6. The molecule has 2 fully saturated rings. The molecule has 0 bridgehead atoms. The number of imidazole rings is 1. The van der Waals surface area contributed by atoms with E-state index >= 15 is 0 Å². The minimum atomic E-state index is -0.128. The minimum Gasteiger partial charge on any atom is -0.489 e. The normalized spacial score (nSPS) is 22.0. The highest BCUT2D eigenvalue weighted by Gasteiger charge is 2.31. The first-order chi connectivity index (χ1) is 14.1. The number of nitrogens with zero attached hydrogens (tertiary/aromatic N) is 3. The van der Waals surface area contributed by atoms with Crippen LogP contribution in [-0.4, -0.2) is 64.2 Å². The maximum Gasteiger partial charge on any atom is 0.270 e. The summed E-state index contributed by atoms with van der Waals surface area (Å²) in [5.41, 5.74) is 1.95. The Labute approximate surface area is 196 Å². The van der Waals surface area contributed by atoms with E-state index in [0.717, 1.165) is 18.7 Å². The minimum absolute atomic E-state index is 0. The van der Waals surface area contributed by atoms with Crippen LogP contribution in [0.3, 0.4) is 0 Å². The number of fused-ring (bicyclic) bond motifs is 1. The first kappa shape index (κ1) is 25.7. The first-order valence-corrected chi connectivity index (χ1v) is 10.8. The van der Waals surface area contributed by atoms with E-state index < -0.39 is 0 Å². The Morgan fingerprint density at radius 2 is 2.03 bits per heavy atom. The van der Waals surface area contributed by atoms with Crippen molar-refractivity contribution in [2.75, 3.05) is 26.8 Å². The van der Waals surface area contributed by atoms with Crippen molar-refractivity contribution >= 4 is 36.4 Å². The number of carbonyl (C=O) groups excluding carboxylic acids is 1. The molecule has 3 heterocycles. The lowest BCUT2D eigenvalue weighted by Gasteiger charge is -2.21. The fraction of sp³-hybridized carbons (Fsp3) is 0.636. The molecule has 31 heavy (non-hydrogen) atoms. The SMILES string of the molecule is Cc1nc2c(OCC3CCCCC3)cccn2c1C(=O)N[C@H]1C[C@@H](CO)N(C)C1.Cl.Cl. The number of nitrogens with one attached hydrogen (secondary N) is 1. The molecule has 0 aromatic carbocycles. The molecule has 0 spiro atoms. The number of ether oxygens (including phenoxy) is 1. The number of aliphatic hydroxyl groups is 1. The van der Waals surface area contributed by atoms with Crippen LogP contribution in [0.4, 0.5) is 0 Å². The second-order valence-corrected chi connectivity index (χ2v) is 8.61. The summed E-state index contributed by atoms with van der Waals surface area (Å²) >= 11 is 0. The number of aliphatic hydroxyl groups excluding tert-OH is 1. The van der Waals surface area contributed by atoms with Gasteiger partial charge in [-0.25, -0.2) is 4.98 Å². The molecule has 2 atom stereocenters. The van der Waals surface area contributed by atoms with E-state index in [2.05, 4.69) is 15.2 Å². The van der Waals surface area contributed by atoms with Crippen LogP contribution in [0.25, 0.3) is 5.65 Å². The molecule has 1 aliphatic carbocycles. The van der Waals surface area contributed by atoms with Gasteiger partial charge in [0, 0.05) is 24.8 Å². The van der Waals surface area contributed by atoms with Crippen molar-refractivity contribution in [3.63, 3.8) is 0 Å². The first-order valence-electron chi connectivity index (χ1n) is 10.8. The van der Waals surface area contributed by atoms with Crippen LogP contribution in [-0.2, 0) is 0 Å². The Hall–Kier alpha value is -1.54. The number of carbonyl (C=O) groups is 1. The van der Waals surface area contributed by atoms with Gasteiger partial charge in [-0.05, 0) is 51.3 Å². The maximum atomic E-state index is 13.0. The fourth-order valence-corrected chi connectivity index (χ4v) is 4.76. The molecule has 174 valence electrons. The van der Waals surface area contributed by atoms with Gasteiger partial charge in [-0.2, -0.15) is 0 Å². The van der Waals surface area contributed by atoms with Gasteiger partial charge in [-0.3, -0.25) is 14.1 Å². The van der Waals surface area contributed by atoms with Crippen molar-refractivity contribution in [1.29, 1.82) is 0 Å². The average molecular weight is 473 g/mol. The quantitative estimate of drug-likeness (QED) is 0.674. The smallest absolute Gasteiger partial charge is 0.270 e. The second-order valence-electron chi connectivity index (χ2n) is 8.61. The predicted molar refractivity (Wildman–Crippen MR) is 126 cm³/mol. The fourth-order valence-electron chi connectivity index (χ4n) is 4.76. The molecule has 1 aliphatic heterocycles. The van der Waals surface area contributed by atoms with Crippen molar-refractivity contribution < 1.29 is 14.6 Å². The highest BCUT2D eigenvalue weighted by atomic mass is 35.5. The molecule has 9 heteroatoms. The molecule has 7 nitrogen and oxygen atoms in total. The summed E-state index contributed by atoms with van der Waals surface area (Å²) in [5.74, 6) is 1.22. The van der Waals surface area contributed by atoms with Gasteiger partial charge in [-0.1, -0.05) is 19.3 Å². The molecule has 1 amide bonds. The number of aryl methyl sites for hydroxylation is 1. The Kier molecular flexibility index (Phi) is 9.43. The number of pyridine rings is 1. The van der Waals surface area contributed by atoms with Gasteiger partial charge in [0.15, 0.2) is 11.4 Å². The van der Waals surface area contributed by atoms with E-state index in [1.165, 1.54) is 32.1 Å². The molecule has 2 aromatic rings. The van der Waals surface area contributed by atoms with Crippen molar-refractivity contribution in [1.82, 2.24) is 19.6 Å². The molecule has 2 aliphatic rings. The van der Waals surface area contributed by atoms with Crippen LogP contribution in [0.15, 0.2) is 18.3 Å². The van der Waals surface area contributed by atoms with Crippen LogP contribution >= 0.6 is 24.8 Å². The molecule has 0 unspecified atom stereocenters. The van der Waals surface area contributed by atoms with Crippen LogP contribution in [0.2, 0.25) is 0 Å². The third-order valence-electron chi connectivity index (χ3n) is 6.44. The van der Waals surface area contributed by atoms with Gasteiger partial charge in [0.25, 0.3) is 5.91 Å². The topological polar surface area (TPSA) is 79.1 Å². The number of halogens is 2. The standard InChI is InChI=1S/C22H32N4O3.2ClH/c1-15-20(22(28)24-17-11-18(13-27)25(2)12-17)26-10-6-9-19(21(26)23-15)29-14-16-7-4-3-5-8-16;;/h6,9-10,16-18,27H,3-5,7-8,11-14H2,1-2H3,(H,24,28);2*1H/t17-,18-;;/m0../s1. The third kappa shape index (κ3) is 5.64. The van der Waals surface area contributed by atoms with Gasteiger partial charge >= 0.3 is 0 Å². The molecular weight excluding hydrogens is 439 g/mol. The average Bonchev–Trinajstić information content (AvgIpc) is 3.25. The summed E-state index contributed by atoms with van der Waals surface area (Å²) in [6.07, 6.45) is 9.00. The van der Waals surface area contributed by atoms with Gasteiger partial charge in [-0.15, -0.1) is 24.8 Å². The molecule has 2 N–H and O–H groups in total. The zero-order chi connectivity index (χ0) is 20.4. The van der Waals surface area contributed by atoms with Crippen LogP contribution in [0.1, 0.15) is 54.7 Å². The molecule has 2 aromatic heterocycles. The van der Waals surface area contributed by atoms with Gasteiger partial charge in [0.1, 0.15) is 5.69 Å². The predicted octanol–water partition coefficient (Wildman–Crippen LogP) is 3.24. The summed E-state index contributed by atoms with van der Waals surface area (Å²) in [6.45, 7) is 3.43. The van der Waals surface area contributed by atoms with Crippen LogP contribution < -0.4 is 10.1 Å². The Morgan fingerprint density at radius 3 is 2.71 bits per heavy atom. The molecule has 0 radical (unpaired) electrons. The molecule has 4 rings (SSSR count). The summed E-state index contributed by atoms with van der Waals surface area (Å²) in [6, 6.07) is 3.97. The van der Waals surface area contributed by atoms with Crippen molar-refractivity contribution in [3.05, 3.63) is 29.7 Å². The maximum absolute atomic E-state index is 13.0. The molecule has 1 saturated carbocycles. The highest BCUT2D eigenvalue weighted by molar-refractivity contribution is 5.95. The van der Waals surface area contributed by atoms with E-state index in [9.17, 15) is 9.90 Å². The van der Waals surface area contributed by atoms with Gasteiger partial charge in [0.2, 0.25) is 0 Å². The van der Waals surface area contributed by atoms with Gasteiger partial charge in [0.05, 0.1) is 18.9 Å². The molecule has 1 saturated heterocycles. The van der Waals surface area contributed by atoms with Crippen molar-refractivity contribution in [3.8, 4) is 5.75 Å². The monoisotopic (exact) mass is 472 g/mol. The summed E-state index contributed by atoms with van der Waals surface area (Å²) in [7, 11) is 1.97. The summed E-state index contributed by atoms with van der Waals surface area (Å²) < 4.78 is 7.97.